The molecule has 1 amide bonds. The highest BCUT2D eigenvalue weighted by Crippen LogP contribution is 2.59. The number of hydrogen-bond acceptors (Lipinski definition) is 6. The maximum absolute atomic E-state index is 14.3. The number of thioether (sulfide) groups is 1. The van der Waals surface area contributed by atoms with Crippen LogP contribution in [0.4, 0.5) is 27.6 Å². The van der Waals surface area contributed by atoms with E-state index in [-0.39, 0.29) is 27.9 Å². The maximum atomic E-state index is 14.3. The number of carbonyl (C=O) groups is 1. The fraction of sp³-hybridized carbons (Fsp3) is 0.350. The first kappa shape index (κ1) is 26.2. The van der Waals surface area contributed by atoms with Gasteiger partial charge in [0, 0.05) is 11.5 Å². The summed E-state index contributed by atoms with van der Waals surface area (Å²) >= 11 is 0.282. The minimum Gasteiger partial charge on any atom is -0.493 e. The summed E-state index contributed by atoms with van der Waals surface area (Å²) in [5.41, 5.74) is -0.277. The number of primary sulfonamides is 1. The van der Waals surface area contributed by atoms with Crippen LogP contribution in [-0.2, 0) is 14.8 Å². The molecule has 1 aliphatic heterocycles. The number of hydrogen-bond donors (Lipinski definition) is 2. The number of amides is 1. The topological polar surface area (TPSA) is 116 Å². The van der Waals surface area contributed by atoms with Crippen molar-refractivity contribution in [2.75, 3.05) is 12.1 Å². The van der Waals surface area contributed by atoms with Crippen molar-refractivity contribution in [3.8, 4) is 5.75 Å². The molecule has 0 aromatic heterocycles. The van der Waals surface area contributed by atoms with Gasteiger partial charge in [0.15, 0.2) is 11.6 Å². The standard InChI is InChI=1S/C20H20F5N3O4S2/c1-19(20(23,24)25)9-13(12-6-7-14(21)15(22)16(12)32-2)17(33-19)18(29)28(26)10-4-3-5-11(8-10)34(27,30)31/h3-8,13,17H,9,26H2,1-2H3,(H2,27,30,31)/t13-,17+,19+/m0/s1. The Bertz CT molecular complexity index is 1230. The van der Waals surface area contributed by atoms with Crippen molar-refractivity contribution in [1.82, 2.24) is 0 Å². The average molecular weight is 526 g/mol. The average Bonchev–Trinajstić information content (AvgIpc) is 3.12. The summed E-state index contributed by atoms with van der Waals surface area (Å²) in [5.74, 6) is 0.319. The van der Waals surface area contributed by atoms with E-state index in [2.05, 4.69) is 0 Å². The van der Waals surface area contributed by atoms with Crippen LogP contribution in [0.1, 0.15) is 24.8 Å². The van der Waals surface area contributed by atoms with E-state index in [1.807, 2.05) is 0 Å². The van der Waals surface area contributed by atoms with Gasteiger partial charge in [0.25, 0.3) is 5.91 Å². The molecule has 34 heavy (non-hydrogen) atoms. The Hall–Kier alpha value is -2.42. The van der Waals surface area contributed by atoms with Crippen LogP contribution in [0.25, 0.3) is 0 Å². The van der Waals surface area contributed by atoms with E-state index in [9.17, 15) is 35.2 Å². The van der Waals surface area contributed by atoms with E-state index in [0.29, 0.717) is 5.01 Å². The van der Waals surface area contributed by atoms with E-state index in [1.54, 1.807) is 0 Å². The number of halogens is 5. The number of rotatable bonds is 5. The largest absolute Gasteiger partial charge is 0.493 e. The fourth-order valence-electron chi connectivity index (χ4n) is 3.74. The molecule has 7 nitrogen and oxygen atoms in total. The second-order valence-electron chi connectivity index (χ2n) is 7.81. The van der Waals surface area contributed by atoms with Crippen LogP contribution in [0, 0.1) is 11.6 Å². The molecule has 14 heteroatoms. The highest BCUT2D eigenvalue weighted by Gasteiger charge is 2.61. The molecule has 0 unspecified atom stereocenters. The number of hydrazine groups is 1. The number of sulfonamides is 1. The van der Waals surface area contributed by atoms with Crippen LogP contribution < -0.4 is 20.7 Å². The Balaban J connectivity index is 2.08. The fourth-order valence-corrected chi connectivity index (χ4v) is 5.88. The van der Waals surface area contributed by atoms with Crippen LogP contribution in [0.2, 0.25) is 0 Å². The molecular formula is C20H20F5N3O4S2. The van der Waals surface area contributed by atoms with Gasteiger partial charge in [-0.25, -0.2) is 28.8 Å². The van der Waals surface area contributed by atoms with E-state index >= 15 is 0 Å². The van der Waals surface area contributed by atoms with Crippen molar-refractivity contribution >= 4 is 33.4 Å². The van der Waals surface area contributed by atoms with E-state index in [4.69, 9.17) is 15.7 Å². The zero-order valence-electron chi connectivity index (χ0n) is 17.8. The summed E-state index contributed by atoms with van der Waals surface area (Å²) in [5, 5.41) is 4.10. The van der Waals surface area contributed by atoms with Gasteiger partial charge in [0.1, 0.15) is 4.75 Å². The van der Waals surface area contributed by atoms with Crippen molar-refractivity contribution in [2.24, 2.45) is 11.0 Å². The Morgan fingerprint density at radius 2 is 1.88 bits per heavy atom. The number of nitrogens with two attached hydrogens (primary N) is 2. The number of methoxy groups -OCH3 is 1. The lowest BCUT2D eigenvalue weighted by Crippen LogP contribution is -2.44. The molecule has 3 atom stereocenters. The predicted molar refractivity (Wildman–Crippen MR) is 116 cm³/mol. The quantitative estimate of drug-likeness (QED) is 0.268. The molecule has 0 bridgehead atoms. The summed E-state index contributed by atoms with van der Waals surface area (Å²) in [6.07, 6.45) is -5.40. The SMILES string of the molecule is COc1c([C@@H]2C[C@](C)(C(F)(F)F)S[C@H]2C(=O)N(N)c2cccc(S(N)(=O)=O)c2)ccc(F)c1F. The van der Waals surface area contributed by atoms with Gasteiger partial charge < -0.3 is 4.74 Å². The molecule has 0 aliphatic carbocycles. The van der Waals surface area contributed by atoms with Gasteiger partial charge in [0.2, 0.25) is 15.8 Å². The second-order valence-corrected chi connectivity index (χ2v) is 11.0. The van der Waals surface area contributed by atoms with Crippen LogP contribution in [0.15, 0.2) is 41.3 Å². The molecule has 1 heterocycles. The zero-order chi connectivity index (χ0) is 25.6. The third-order valence-corrected chi connectivity index (χ3v) is 8.16. The smallest absolute Gasteiger partial charge is 0.403 e. The molecule has 2 aromatic rings. The first-order valence-electron chi connectivity index (χ1n) is 9.58. The van der Waals surface area contributed by atoms with Crippen LogP contribution in [0.5, 0.6) is 5.75 Å². The molecule has 1 fully saturated rings. The molecule has 4 N–H and O–H groups in total. The van der Waals surface area contributed by atoms with Crippen molar-refractivity contribution in [2.45, 2.75) is 40.3 Å². The summed E-state index contributed by atoms with van der Waals surface area (Å²) < 4.78 is 95.4. The first-order valence-corrected chi connectivity index (χ1v) is 12.0. The lowest BCUT2D eigenvalue weighted by Gasteiger charge is -2.27. The Labute approximate surface area is 196 Å². The summed E-state index contributed by atoms with van der Waals surface area (Å²) in [4.78, 5) is 12.9. The highest BCUT2D eigenvalue weighted by molar-refractivity contribution is 8.02. The lowest BCUT2D eigenvalue weighted by atomic mass is 9.85. The second kappa shape index (κ2) is 8.98. The molecule has 1 aliphatic rings. The summed E-state index contributed by atoms with van der Waals surface area (Å²) in [6, 6.07) is 6.45. The minimum atomic E-state index is -4.75. The molecule has 0 radical (unpaired) electrons. The highest BCUT2D eigenvalue weighted by atomic mass is 32.2. The van der Waals surface area contributed by atoms with Crippen LogP contribution in [0.3, 0.4) is 0 Å². The van der Waals surface area contributed by atoms with Crippen molar-refractivity contribution in [3.63, 3.8) is 0 Å². The van der Waals surface area contributed by atoms with Crippen molar-refractivity contribution < 1.29 is 39.9 Å². The third-order valence-electron chi connectivity index (χ3n) is 5.55. The van der Waals surface area contributed by atoms with E-state index in [0.717, 1.165) is 38.3 Å². The number of ether oxygens (including phenoxy) is 1. The number of alkyl halides is 3. The molecule has 3 rings (SSSR count). The first-order chi connectivity index (χ1) is 15.6. The summed E-state index contributed by atoms with van der Waals surface area (Å²) in [7, 11) is -3.13. The Kier molecular flexibility index (Phi) is 6.92. The maximum Gasteiger partial charge on any atom is 0.403 e. The minimum absolute atomic E-state index is 0.132. The Morgan fingerprint density at radius 1 is 1.24 bits per heavy atom. The van der Waals surface area contributed by atoms with Crippen LogP contribution >= 0.6 is 11.8 Å². The van der Waals surface area contributed by atoms with Crippen molar-refractivity contribution in [3.05, 3.63) is 53.6 Å². The van der Waals surface area contributed by atoms with Gasteiger partial charge in [-0.2, -0.15) is 17.6 Å². The van der Waals surface area contributed by atoms with Crippen LogP contribution in [-0.4, -0.2) is 37.6 Å². The number of benzene rings is 2. The molecule has 0 spiro atoms. The number of nitrogens with zero attached hydrogens (tertiary/aromatic N) is 1. The van der Waals surface area contributed by atoms with E-state index < -0.39 is 61.8 Å². The van der Waals surface area contributed by atoms with Gasteiger partial charge in [-0.15, -0.1) is 11.8 Å². The van der Waals surface area contributed by atoms with E-state index in [1.165, 1.54) is 12.1 Å². The monoisotopic (exact) mass is 525 g/mol. The normalized spacial score (nSPS) is 23.1. The van der Waals surface area contributed by atoms with Gasteiger partial charge >= 0.3 is 6.18 Å². The number of carbonyl (C=O) groups excluding carboxylic acids is 1. The summed E-state index contributed by atoms with van der Waals surface area (Å²) in [6.45, 7) is 0.896. The molecular weight excluding hydrogens is 505 g/mol. The third kappa shape index (κ3) is 4.72. The lowest BCUT2D eigenvalue weighted by molar-refractivity contribution is -0.155. The Morgan fingerprint density at radius 3 is 2.44 bits per heavy atom. The molecule has 186 valence electrons. The van der Waals surface area contributed by atoms with Gasteiger partial charge in [-0.3, -0.25) is 4.79 Å². The predicted octanol–water partition coefficient (Wildman–Crippen LogP) is 3.44. The van der Waals surface area contributed by atoms with Gasteiger partial charge in [-0.05, 0) is 37.6 Å². The number of anilines is 1. The molecule has 1 saturated heterocycles. The van der Waals surface area contributed by atoms with Crippen molar-refractivity contribution in [1.29, 1.82) is 0 Å². The zero-order valence-corrected chi connectivity index (χ0v) is 19.4. The molecule has 0 saturated carbocycles. The van der Waals surface area contributed by atoms with Gasteiger partial charge in [0.05, 0.1) is 22.9 Å². The van der Waals surface area contributed by atoms with Gasteiger partial charge in [-0.1, -0.05) is 12.1 Å². The molecule has 2 aromatic carbocycles.